The largest absolute Gasteiger partial charge is 0.376 e. The predicted molar refractivity (Wildman–Crippen MR) is 159 cm³/mol. The maximum absolute atomic E-state index is 9.22. The number of azide groups is 1. The van der Waals surface area contributed by atoms with Crippen LogP contribution in [-0.2, 0) is 22.7 Å². The van der Waals surface area contributed by atoms with Gasteiger partial charge in [0, 0.05) is 4.91 Å². The Morgan fingerprint density at radius 3 is 2.16 bits per heavy atom. The molecule has 0 radical (unpaired) electrons. The van der Waals surface area contributed by atoms with E-state index in [0.29, 0.717) is 19.8 Å². The number of benzene rings is 2. The molecular weight excluding hydrogens is 470 g/mol. The molecule has 0 fully saturated rings. The number of ether oxygens (including phenoxy) is 2. The number of allylic oxidation sites excluding steroid dienone is 3. The predicted octanol–water partition coefficient (Wildman–Crippen LogP) is 9.89. The van der Waals surface area contributed by atoms with Gasteiger partial charge in [-0.2, -0.15) is 0 Å². The van der Waals surface area contributed by atoms with Gasteiger partial charge in [0.05, 0.1) is 32.0 Å². The second-order valence-corrected chi connectivity index (χ2v) is 9.96. The summed E-state index contributed by atoms with van der Waals surface area (Å²) in [6, 6.07) is 19.6. The normalized spacial score (nSPS) is 13.4. The van der Waals surface area contributed by atoms with E-state index in [1.807, 2.05) is 66.7 Å². The molecular formula is C33H47N3O2. The lowest BCUT2D eigenvalue weighted by molar-refractivity contribution is 0.0186. The molecule has 0 saturated carbocycles. The lowest BCUT2D eigenvalue weighted by Gasteiger charge is -2.21. The van der Waals surface area contributed by atoms with Gasteiger partial charge in [-0.1, -0.05) is 135 Å². The van der Waals surface area contributed by atoms with E-state index in [0.717, 1.165) is 24.0 Å². The van der Waals surface area contributed by atoms with Crippen molar-refractivity contribution in [2.45, 2.75) is 103 Å². The monoisotopic (exact) mass is 517 g/mol. The summed E-state index contributed by atoms with van der Waals surface area (Å²) in [6.45, 7) is 5.72. The van der Waals surface area contributed by atoms with Crippen molar-refractivity contribution < 1.29 is 9.47 Å². The van der Waals surface area contributed by atoms with Gasteiger partial charge in [0.2, 0.25) is 0 Å². The summed E-state index contributed by atoms with van der Waals surface area (Å²) in [4.78, 5) is 3.08. The molecule has 0 bridgehead atoms. The molecule has 0 spiro atoms. The van der Waals surface area contributed by atoms with E-state index in [4.69, 9.17) is 9.47 Å². The molecule has 206 valence electrons. The fraction of sp³-hybridized carbons (Fsp3) is 0.515. The van der Waals surface area contributed by atoms with Gasteiger partial charge in [0.15, 0.2) is 0 Å². The second-order valence-electron chi connectivity index (χ2n) is 9.96. The highest BCUT2D eigenvalue weighted by molar-refractivity contribution is 5.14. The van der Waals surface area contributed by atoms with Crippen molar-refractivity contribution in [3.8, 4) is 0 Å². The molecule has 2 atom stereocenters. The van der Waals surface area contributed by atoms with Crippen molar-refractivity contribution in [3.63, 3.8) is 0 Å². The molecule has 0 aliphatic carbocycles. The highest BCUT2D eigenvalue weighted by Gasteiger charge is 2.19. The summed E-state index contributed by atoms with van der Waals surface area (Å²) in [5.74, 6) is 0. The maximum atomic E-state index is 9.22. The quantitative estimate of drug-likeness (QED) is 0.0543. The number of hydrogen-bond donors (Lipinski definition) is 0. The van der Waals surface area contributed by atoms with Gasteiger partial charge in [0.25, 0.3) is 0 Å². The molecule has 0 heterocycles. The lowest BCUT2D eigenvalue weighted by Crippen LogP contribution is -2.30. The van der Waals surface area contributed by atoms with Gasteiger partial charge in [-0.3, -0.25) is 0 Å². The summed E-state index contributed by atoms with van der Waals surface area (Å²) in [7, 11) is 0. The van der Waals surface area contributed by atoms with Crippen LogP contribution in [0.2, 0.25) is 0 Å². The van der Waals surface area contributed by atoms with Gasteiger partial charge in [-0.15, -0.1) is 0 Å². The first kappa shape index (κ1) is 31.4. The number of unbranched alkanes of at least 4 members (excludes halogenated alkanes) is 7. The Labute approximate surface area is 230 Å². The van der Waals surface area contributed by atoms with Crippen molar-refractivity contribution in [2.75, 3.05) is 6.61 Å². The van der Waals surface area contributed by atoms with Crippen LogP contribution in [0.4, 0.5) is 0 Å². The van der Waals surface area contributed by atoms with Crippen LogP contribution in [0.15, 0.2) is 89.6 Å². The maximum Gasteiger partial charge on any atom is 0.0906 e. The number of hydrogen-bond acceptors (Lipinski definition) is 3. The molecule has 0 N–H and O–H groups in total. The van der Waals surface area contributed by atoms with Crippen molar-refractivity contribution in [1.82, 2.24) is 0 Å². The molecule has 5 nitrogen and oxygen atoms in total. The Kier molecular flexibility index (Phi) is 17.4. The van der Waals surface area contributed by atoms with Crippen LogP contribution in [0, 0.1) is 0 Å². The fourth-order valence-electron chi connectivity index (χ4n) is 4.31. The van der Waals surface area contributed by atoms with Crippen LogP contribution in [0.25, 0.3) is 10.4 Å². The third-order valence-corrected chi connectivity index (χ3v) is 6.59. The molecule has 0 aliphatic heterocycles. The molecule has 0 amide bonds. The van der Waals surface area contributed by atoms with Crippen LogP contribution >= 0.6 is 0 Å². The Balaban J connectivity index is 1.85. The fourth-order valence-corrected chi connectivity index (χ4v) is 4.31. The van der Waals surface area contributed by atoms with Crippen LogP contribution in [0.5, 0.6) is 0 Å². The van der Waals surface area contributed by atoms with Gasteiger partial charge in [0.1, 0.15) is 0 Å². The summed E-state index contributed by atoms with van der Waals surface area (Å²) in [5, 5.41) is 4.03. The van der Waals surface area contributed by atoms with E-state index in [1.165, 1.54) is 56.9 Å². The molecule has 5 heteroatoms. The van der Waals surface area contributed by atoms with E-state index < -0.39 is 6.04 Å². The highest BCUT2D eigenvalue weighted by atomic mass is 16.5. The molecule has 2 rings (SSSR count). The molecule has 0 saturated heterocycles. The number of nitrogens with zero attached hydrogens (tertiary/aromatic N) is 3. The first-order valence-electron chi connectivity index (χ1n) is 14.4. The van der Waals surface area contributed by atoms with E-state index >= 15 is 0 Å². The second kappa shape index (κ2) is 21.1. The summed E-state index contributed by atoms with van der Waals surface area (Å²) >= 11 is 0. The zero-order valence-electron chi connectivity index (χ0n) is 23.5. The SMILES string of the molecule is CCCCCCCCC/C(C)=C\CC/C=C/[C@@H](OCc1ccccc1)[C@H](COCc1ccccc1)N=[N+]=[N-]. The summed E-state index contributed by atoms with van der Waals surface area (Å²) in [5.41, 5.74) is 12.9. The third-order valence-electron chi connectivity index (χ3n) is 6.59. The van der Waals surface area contributed by atoms with Gasteiger partial charge in [-0.05, 0) is 49.3 Å². The Bertz CT molecular complexity index is 953. The van der Waals surface area contributed by atoms with Gasteiger partial charge < -0.3 is 9.47 Å². The highest BCUT2D eigenvalue weighted by Crippen LogP contribution is 2.15. The Hall–Kier alpha value is -2.85. The van der Waals surface area contributed by atoms with E-state index in [1.54, 1.807) is 0 Å². The molecule has 38 heavy (non-hydrogen) atoms. The van der Waals surface area contributed by atoms with Crippen LogP contribution in [0.3, 0.4) is 0 Å². The first-order chi connectivity index (χ1) is 18.7. The zero-order valence-corrected chi connectivity index (χ0v) is 23.5. The van der Waals surface area contributed by atoms with Gasteiger partial charge in [-0.25, -0.2) is 0 Å². The van der Waals surface area contributed by atoms with Crippen LogP contribution in [-0.4, -0.2) is 18.8 Å². The van der Waals surface area contributed by atoms with Crippen LogP contribution in [0.1, 0.15) is 89.2 Å². The average Bonchev–Trinajstić information content (AvgIpc) is 2.95. The molecule has 0 unspecified atom stereocenters. The minimum Gasteiger partial charge on any atom is -0.376 e. The molecule has 0 aromatic heterocycles. The standard InChI is InChI=1S/C33H47N3O2/c1-3-4-5-6-7-8-12-19-29(2)20-13-9-18-25-33(38-27-31-23-16-11-17-24-31)32(35-36-34)28-37-26-30-21-14-10-15-22-30/h10-11,14-18,20-25,32-33H,3-9,12-13,19,26-28H2,1-2H3/b25-18+,29-20-/t32-,33+/m0/s1. The molecule has 2 aromatic rings. The van der Waals surface area contributed by atoms with Crippen molar-refractivity contribution >= 4 is 0 Å². The van der Waals surface area contributed by atoms with Crippen molar-refractivity contribution in [1.29, 1.82) is 0 Å². The van der Waals surface area contributed by atoms with E-state index in [-0.39, 0.29) is 6.10 Å². The minimum atomic E-state index is -0.446. The van der Waals surface area contributed by atoms with Crippen molar-refractivity contribution in [2.24, 2.45) is 5.11 Å². The average molecular weight is 518 g/mol. The van der Waals surface area contributed by atoms with Gasteiger partial charge >= 0.3 is 0 Å². The summed E-state index contributed by atoms with van der Waals surface area (Å²) < 4.78 is 12.1. The first-order valence-corrected chi connectivity index (χ1v) is 14.4. The lowest BCUT2D eigenvalue weighted by atomic mass is 10.0. The Morgan fingerprint density at radius 2 is 1.50 bits per heavy atom. The summed E-state index contributed by atoms with van der Waals surface area (Å²) in [6.07, 6.45) is 18.7. The van der Waals surface area contributed by atoms with Crippen molar-refractivity contribution in [3.05, 3.63) is 106 Å². The van der Waals surface area contributed by atoms with Crippen LogP contribution < -0.4 is 0 Å². The minimum absolute atomic E-state index is 0.292. The third kappa shape index (κ3) is 14.8. The zero-order chi connectivity index (χ0) is 27.1. The molecule has 2 aromatic carbocycles. The van der Waals surface area contributed by atoms with E-state index in [2.05, 4.69) is 36.0 Å². The number of rotatable bonds is 21. The van der Waals surface area contributed by atoms with E-state index in [9.17, 15) is 5.53 Å². The molecule has 0 aliphatic rings. The topological polar surface area (TPSA) is 67.2 Å². The smallest absolute Gasteiger partial charge is 0.0906 e. The Morgan fingerprint density at radius 1 is 0.868 bits per heavy atom.